The van der Waals surface area contributed by atoms with Crippen LogP contribution in [0.15, 0.2) is 30.6 Å². The second-order valence-electron chi connectivity index (χ2n) is 6.76. The number of ether oxygens (including phenoxy) is 1. The van der Waals surface area contributed by atoms with Crippen LogP contribution in [0.2, 0.25) is 0 Å². The van der Waals surface area contributed by atoms with Gasteiger partial charge < -0.3 is 9.64 Å². The monoisotopic (exact) mass is 337 g/mol. The summed E-state index contributed by atoms with van der Waals surface area (Å²) in [5, 5.41) is 8.58. The van der Waals surface area contributed by atoms with E-state index in [1.54, 1.807) is 6.33 Å². The minimum atomic E-state index is 0.137. The molecule has 0 bridgehead atoms. The van der Waals surface area contributed by atoms with E-state index in [4.69, 9.17) is 4.74 Å². The van der Waals surface area contributed by atoms with Crippen LogP contribution in [0.5, 0.6) is 5.75 Å². The quantitative estimate of drug-likeness (QED) is 0.784. The van der Waals surface area contributed by atoms with Crippen molar-refractivity contribution in [3.8, 4) is 17.1 Å². The van der Waals surface area contributed by atoms with Gasteiger partial charge in [-0.2, -0.15) is 5.10 Å². The van der Waals surface area contributed by atoms with Crippen molar-refractivity contribution in [2.24, 2.45) is 0 Å². The van der Waals surface area contributed by atoms with Crippen LogP contribution in [-0.2, 0) is 0 Å². The van der Waals surface area contributed by atoms with Crippen LogP contribution >= 0.6 is 0 Å². The van der Waals surface area contributed by atoms with E-state index in [0.717, 1.165) is 46.9 Å². The van der Waals surface area contributed by atoms with E-state index in [1.807, 2.05) is 38.1 Å². The highest BCUT2D eigenvalue weighted by molar-refractivity contribution is 5.93. The van der Waals surface area contributed by atoms with E-state index in [2.05, 4.69) is 25.1 Å². The van der Waals surface area contributed by atoms with Gasteiger partial charge in [0, 0.05) is 24.5 Å². The normalized spacial score (nSPS) is 15.1. The fourth-order valence-electron chi connectivity index (χ4n) is 3.31. The predicted octanol–water partition coefficient (Wildman–Crippen LogP) is 3.80. The number of H-pyrrole nitrogens is 1. The number of nitrogens with zero attached hydrogens (tertiary/aromatic N) is 4. The number of piperidine rings is 1. The molecule has 2 aromatic heterocycles. The Morgan fingerprint density at radius 3 is 2.72 bits per heavy atom. The van der Waals surface area contributed by atoms with Crippen molar-refractivity contribution in [3.63, 3.8) is 0 Å². The van der Waals surface area contributed by atoms with Gasteiger partial charge in [-0.05, 0) is 51.3 Å². The lowest BCUT2D eigenvalue weighted by Gasteiger charge is -2.27. The number of nitrogens with one attached hydrogen (secondary N) is 1. The Morgan fingerprint density at radius 1 is 1.08 bits per heavy atom. The number of hydrogen-bond acceptors (Lipinski definition) is 5. The van der Waals surface area contributed by atoms with Crippen LogP contribution < -0.4 is 9.64 Å². The molecule has 4 rings (SSSR count). The Hall–Kier alpha value is -2.63. The molecule has 0 spiro atoms. The highest BCUT2D eigenvalue weighted by atomic mass is 16.5. The lowest BCUT2D eigenvalue weighted by Crippen LogP contribution is -2.30. The summed E-state index contributed by atoms with van der Waals surface area (Å²) < 4.78 is 5.82. The van der Waals surface area contributed by atoms with Gasteiger partial charge in [0.1, 0.15) is 23.6 Å². The summed E-state index contributed by atoms with van der Waals surface area (Å²) >= 11 is 0. The van der Waals surface area contributed by atoms with Crippen molar-refractivity contribution in [3.05, 3.63) is 30.6 Å². The third kappa shape index (κ3) is 3.29. The topological polar surface area (TPSA) is 66.9 Å². The zero-order valence-electron chi connectivity index (χ0n) is 14.7. The summed E-state index contributed by atoms with van der Waals surface area (Å²) in [4.78, 5) is 11.2. The molecule has 1 aliphatic rings. The molecule has 1 fully saturated rings. The highest BCUT2D eigenvalue weighted by Gasteiger charge is 2.16. The van der Waals surface area contributed by atoms with E-state index >= 15 is 0 Å². The maximum Gasteiger partial charge on any atom is 0.132 e. The molecule has 3 heterocycles. The lowest BCUT2D eigenvalue weighted by atomic mass is 10.1. The smallest absolute Gasteiger partial charge is 0.132 e. The number of fused-ring (bicyclic) bond motifs is 1. The van der Waals surface area contributed by atoms with E-state index in [0.29, 0.717) is 0 Å². The summed E-state index contributed by atoms with van der Waals surface area (Å²) in [7, 11) is 0. The van der Waals surface area contributed by atoms with Gasteiger partial charge in [0.2, 0.25) is 0 Å². The molecule has 6 heteroatoms. The molecule has 3 aromatic rings. The molecule has 0 unspecified atom stereocenters. The SMILES string of the molecule is CC(C)Oc1ccc2[nH]nc(-c3cc(N4CCCCC4)ncn3)c2c1. The molecule has 0 aliphatic carbocycles. The second kappa shape index (κ2) is 6.70. The van der Waals surface area contributed by atoms with Crippen LogP contribution in [0.25, 0.3) is 22.3 Å². The summed E-state index contributed by atoms with van der Waals surface area (Å²) in [6.07, 6.45) is 5.52. The molecule has 0 saturated carbocycles. The predicted molar refractivity (Wildman–Crippen MR) is 98.9 cm³/mol. The molecule has 0 radical (unpaired) electrons. The number of anilines is 1. The number of benzene rings is 1. The van der Waals surface area contributed by atoms with Crippen molar-refractivity contribution < 1.29 is 4.74 Å². The lowest BCUT2D eigenvalue weighted by molar-refractivity contribution is 0.243. The number of aromatic amines is 1. The second-order valence-corrected chi connectivity index (χ2v) is 6.76. The first kappa shape index (κ1) is 15.9. The Labute approximate surface area is 147 Å². The van der Waals surface area contributed by atoms with Crippen molar-refractivity contribution >= 4 is 16.7 Å². The molecule has 1 aliphatic heterocycles. The average molecular weight is 337 g/mol. The third-order valence-corrected chi connectivity index (χ3v) is 4.48. The van der Waals surface area contributed by atoms with Crippen molar-refractivity contribution in [1.82, 2.24) is 20.2 Å². The zero-order valence-corrected chi connectivity index (χ0v) is 14.7. The summed E-state index contributed by atoms with van der Waals surface area (Å²) in [6, 6.07) is 8.02. The van der Waals surface area contributed by atoms with Gasteiger partial charge in [-0.25, -0.2) is 9.97 Å². The van der Waals surface area contributed by atoms with Gasteiger partial charge in [0.25, 0.3) is 0 Å². The number of aromatic nitrogens is 4. The molecular weight excluding hydrogens is 314 g/mol. The molecule has 0 atom stereocenters. The molecule has 1 saturated heterocycles. The third-order valence-electron chi connectivity index (χ3n) is 4.48. The summed E-state index contributed by atoms with van der Waals surface area (Å²) in [6.45, 7) is 6.17. The maximum atomic E-state index is 5.82. The highest BCUT2D eigenvalue weighted by Crippen LogP contribution is 2.30. The van der Waals surface area contributed by atoms with Crippen LogP contribution in [0.4, 0.5) is 5.82 Å². The molecular formula is C19H23N5O. The molecule has 6 nitrogen and oxygen atoms in total. The first-order valence-electron chi connectivity index (χ1n) is 8.93. The zero-order chi connectivity index (χ0) is 17.2. The number of hydrogen-bond donors (Lipinski definition) is 1. The first-order chi connectivity index (χ1) is 12.2. The Kier molecular flexibility index (Phi) is 4.26. The Morgan fingerprint density at radius 2 is 1.92 bits per heavy atom. The fraction of sp³-hybridized carbons (Fsp3) is 0.421. The molecule has 130 valence electrons. The summed E-state index contributed by atoms with van der Waals surface area (Å²) in [5.41, 5.74) is 2.65. The van der Waals surface area contributed by atoms with Gasteiger partial charge >= 0.3 is 0 Å². The standard InChI is InChI=1S/C19H23N5O/c1-13(2)25-14-6-7-16-15(10-14)19(23-22-16)17-11-18(21-12-20-17)24-8-4-3-5-9-24/h6-7,10-13H,3-5,8-9H2,1-2H3,(H,22,23). The largest absolute Gasteiger partial charge is 0.491 e. The number of rotatable bonds is 4. The molecule has 0 amide bonds. The van der Waals surface area contributed by atoms with Crippen LogP contribution in [0.3, 0.4) is 0 Å². The van der Waals surface area contributed by atoms with Crippen LogP contribution in [0, 0.1) is 0 Å². The fourth-order valence-corrected chi connectivity index (χ4v) is 3.31. The van der Waals surface area contributed by atoms with Crippen LogP contribution in [0.1, 0.15) is 33.1 Å². The Balaban J connectivity index is 1.71. The van der Waals surface area contributed by atoms with E-state index in [9.17, 15) is 0 Å². The first-order valence-corrected chi connectivity index (χ1v) is 8.93. The van der Waals surface area contributed by atoms with E-state index in [1.165, 1.54) is 19.3 Å². The minimum Gasteiger partial charge on any atom is -0.491 e. The molecule has 1 aromatic carbocycles. The van der Waals surface area contributed by atoms with E-state index in [-0.39, 0.29) is 6.10 Å². The van der Waals surface area contributed by atoms with Crippen molar-refractivity contribution in [1.29, 1.82) is 0 Å². The maximum absolute atomic E-state index is 5.82. The van der Waals surface area contributed by atoms with Crippen LogP contribution in [-0.4, -0.2) is 39.4 Å². The van der Waals surface area contributed by atoms with Gasteiger partial charge in [-0.3, -0.25) is 5.10 Å². The summed E-state index contributed by atoms with van der Waals surface area (Å²) in [5.74, 6) is 1.82. The minimum absolute atomic E-state index is 0.137. The van der Waals surface area contributed by atoms with Gasteiger partial charge in [-0.15, -0.1) is 0 Å². The molecule has 25 heavy (non-hydrogen) atoms. The van der Waals surface area contributed by atoms with Crippen molar-refractivity contribution in [2.75, 3.05) is 18.0 Å². The van der Waals surface area contributed by atoms with Gasteiger partial charge in [0.15, 0.2) is 0 Å². The molecule has 1 N–H and O–H groups in total. The van der Waals surface area contributed by atoms with Gasteiger partial charge in [0.05, 0.1) is 17.3 Å². The Bertz CT molecular complexity index is 867. The van der Waals surface area contributed by atoms with E-state index < -0.39 is 0 Å². The average Bonchev–Trinajstić information content (AvgIpc) is 3.05. The van der Waals surface area contributed by atoms with Crippen molar-refractivity contribution in [2.45, 2.75) is 39.2 Å². The van der Waals surface area contributed by atoms with Gasteiger partial charge in [-0.1, -0.05) is 0 Å².